The second-order valence-corrected chi connectivity index (χ2v) is 4.40. The maximum atomic E-state index is 11.9. The number of carbonyl (C=O) groups excluding carboxylic acids is 1. The first-order valence-electron chi connectivity index (χ1n) is 6.01. The molecule has 7 nitrogen and oxygen atoms in total. The molecule has 1 amide bonds. The molecule has 1 aliphatic rings. The minimum atomic E-state index is -0.527. The third-order valence-electron chi connectivity index (χ3n) is 3.01. The van der Waals surface area contributed by atoms with Crippen LogP contribution < -0.4 is 10.6 Å². The van der Waals surface area contributed by atoms with Gasteiger partial charge in [-0.05, 0) is 19.4 Å². The van der Waals surface area contributed by atoms with Crippen molar-refractivity contribution in [1.29, 1.82) is 0 Å². The van der Waals surface area contributed by atoms with Gasteiger partial charge >= 0.3 is 0 Å². The second-order valence-electron chi connectivity index (χ2n) is 4.40. The molecule has 1 unspecified atom stereocenters. The van der Waals surface area contributed by atoms with E-state index in [2.05, 4.69) is 15.6 Å². The fourth-order valence-corrected chi connectivity index (χ4v) is 2.02. The molecule has 1 atom stereocenters. The standard InChI is InChI=1S/C11H16N4O3/c16-11(10-5-9(7-13-10)15(17)18)14-8-3-1-2-4-12-6-8/h5,7-8,12-13H,1-4,6H2,(H,14,16). The molecule has 0 bridgehead atoms. The summed E-state index contributed by atoms with van der Waals surface area (Å²) in [4.78, 5) is 24.5. The molecular formula is C11H16N4O3. The highest BCUT2D eigenvalue weighted by Crippen LogP contribution is 2.12. The average Bonchev–Trinajstić information content (AvgIpc) is 2.70. The molecule has 0 aromatic carbocycles. The molecule has 0 saturated carbocycles. The van der Waals surface area contributed by atoms with Crippen LogP contribution in [0.3, 0.4) is 0 Å². The fourth-order valence-electron chi connectivity index (χ4n) is 2.02. The Bertz CT molecular complexity index is 435. The van der Waals surface area contributed by atoms with E-state index < -0.39 is 4.92 Å². The first-order chi connectivity index (χ1) is 8.66. The molecule has 0 radical (unpaired) electrons. The van der Waals surface area contributed by atoms with Gasteiger partial charge in [0.1, 0.15) is 5.69 Å². The molecule has 1 aromatic heterocycles. The van der Waals surface area contributed by atoms with Crippen molar-refractivity contribution in [3.8, 4) is 0 Å². The number of aromatic nitrogens is 1. The van der Waals surface area contributed by atoms with Gasteiger partial charge in [-0.2, -0.15) is 0 Å². The van der Waals surface area contributed by atoms with Gasteiger partial charge in [0.15, 0.2) is 0 Å². The maximum Gasteiger partial charge on any atom is 0.287 e. The lowest BCUT2D eigenvalue weighted by molar-refractivity contribution is -0.384. The molecule has 98 valence electrons. The second kappa shape index (κ2) is 5.63. The summed E-state index contributed by atoms with van der Waals surface area (Å²) in [5.74, 6) is -0.295. The number of hydrogen-bond acceptors (Lipinski definition) is 4. The molecule has 2 heterocycles. The van der Waals surface area contributed by atoms with Crippen LogP contribution in [0.5, 0.6) is 0 Å². The smallest absolute Gasteiger partial charge is 0.287 e. The number of amides is 1. The van der Waals surface area contributed by atoms with Crippen LogP contribution in [0, 0.1) is 10.1 Å². The molecular weight excluding hydrogens is 236 g/mol. The maximum absolute atomic E-state index is 11.9. The summed E-state index contributed by atoms with van der Waals surface area (Å²) in [5.41, 5.74) is 0.130. The van der Waals surface area contributed by atoms with Crippen molar-refractivity contribution in [2.75, 3.05) is 13.1 Å². The van der Waals surface area contributed by atoms with E-state index in [1.165, 1.54) is 12.3 Å². The van der Waals surface area contributed by atoms with Crippen molar-refractivity contribution >= 4 is 11.6 Å². The van der Waals surface area contributed by atoms with E-state index >= 15 is 0 Å². The summed E-state index contributed by atoms with van der Waals surface area (Å²) in [6, 6.07) is 1.33. The van der Waals surface area contributed by atoms with Crippen LogP contribution in [0.15, 0.2) is 12.3 Å². The summed E-state index contributed by atoms with van der Waals surface area (Å²) in [6.07, 6.45) is 4.34. The van der Waals surface area contributed by atoms with E-state index in [1.54, 1.807) is 0 Å². The normalized spacial score (nSPS) is 20.1. The van der Waals surface area contributed by atoms with Crippen molar-refractivity contribution in [2.45, 2.75) is 25.3 Å². The molecule has 0 spiro atoms. The zero-order chi connectivity index (χ0) is 13.0. The first kappa shape index (κ1) is 12.6. The Morgan fingerprint density at radius 3 is 3.06 bits per heavy atom. The highest BCUT2D eigenvalue weighted by molar-refractivity contribution is 5.93. The van der Waals surface area contributed by atoms with E-state index in [0.29, 0.717) is 0 Å². The lowest BCUT2D eigenvalue weighted by Crippen LogP contribution is -2.40. The van der Waals surface area contributed by atoms with Crippen LogP contribution in [-0.4, -0.2) is 34.9 Å². The van der Waals surface area contributed by atoms with Crippen LogP contribution in [0.2, 0.25) is 0 Å². The predicted molar refractivity (Wildman–Crippen MR) is 65.4 cm³/mol. The van der Waals surface area contributed by atoms with Crippen LogP contribution in [0.4, 0.5) is 5.69 Å². The monoisotopic (exact) mass is 252 g/mol. The SMILES string of the molecule is O=C(NC1CCCCNC1)c1cc([N+](=O)[O-])c[nH]1. The van der Waals surface area contributed by atoms with Crippen molar-refractivity contribution in [3.05, 3.63) is 28.1 Å². The molecule has 1 saturated heterocycles. The van der Waals surface area contributed by atoms with Gasteiger partial charge in [0.2, 0.25) is 0 Å². The highest BCUT2D eigenvalue weighted by Gasteiger charge is 2.18. The van der Waals surface area contributed by atoms with E-state index in [1.807, 2.05) is 0 Å². The van der Waals surface area contributed by atoms with Gasteiger partial charge in [0.25, 0.3) is 11.6 Å². The van der Waals surface area contributed by atoms with Crippen LogP contribution in [0.25, 0.3) is 0 Å². The molecule has 0 aliphatic carbocycles. The number of nitrogens with one attached hydrogen (secondary N) is 3. The number of nitrogens with zero attached hydrogens (tertiary/aromatic N) is 1. The average molecular weight is 252 g/mol. The number of nitro groups is 1. The quantitative estimate of drug-likeness (QED) is 0.547. The molecule has 7 heteroatoms. The van der Waals surface area contributed by atoms with Gasteiger partial charge in [-0.3, -0.25) is 14.9 Å². The van der Waals surface area contributed by atoms with E-state index in [4.69, 9.17) is 0 Å². The van der Waals surface area contributed by atoms with Crippen LogP contribution >= 0.6 is 0 Å². The zero-order valence-corrected chi connectivity index (χ0v) is 9.94. The summed E-state index contributed by atoms with van der Waals surface area (Å²) in [7, 11) is 0. The molecule has 1 fully saturated rings. The minimum absolute atomic E-state index is 0.0855. The van der Waals surface area contributed by atoms with E-state index in [-0.39, 0.29) is 23.3 Å². The van der Waals surface area contributed by atoms with Crippen molar-refractivity contribution in [1.82, 2.24) is 15.6 Å². The zero-order valence-electron chi connectivity index (χ0n) is 9.94. The van der Waals surface area contributed by atoms with E-state index in [9.17, 15) is 14.9 Å². The summed E-state index contributed by atoms with van der Waals surface area (Å²) < 4.78 is 0. The van der Waals surface area contributed by atoms with Crippen molar-refractivity contribution in [3.63, 3.8) is 0 Å². The lowest BCUT2D eigenvalue weighted by atomic mass is 10.1. The van der Waals surface area contributed by atoms with Gasteiger partial charge < -0.3 is 15.6 Å². The Labute approximate surface area is 104 Å². The molecule has 2 rings (SSSR count). The first-order valence-corrected chi connectivity index (χ1v) is 6.01. The number of H-pyrrole nitrogens is 1. The third-order valence-corrected chi connectivity index (χ3v) is 3.01. The third kappa shape index (κ3) is 3.07. The summed E-state index contributed by atoms with van der Waals surface area (Å²) in [6.45, 7) is 1.72. The fraction of sp³-hybridized carbons (Fsp3) is 0.545. The number of rotatable bonds is 3. The molecule has 3 N–H and O–H groups in total. The van der Waals surface area contributed by atoms with Crippen LogP contribution in [-0.2, 0) is 0 Å². The van der Waals surface area contributed by atoms with Crippen molar-refractivity contribution in [2.24, 2.45) is 0 Å². The predicted octanol–water partition coefficient (Wildman–Crippen LogP) is 0.795. The summed E-state index contributed by atoms with van der Waals surface area (Å²) in [5, 5.41) is 16.6. The topological polar surface area (TPSA) is 100 Å². The van der Waals surface area contributed by atoms with Gasteiger partial charge in [0.05, 0.1) is 11.1 Å². The number of carbonyl (C=O) groups is 1. The van der Waals surface area contributed by atoms with Crippen molar-refractivity contribution < 1.29 is 9.72 Å². The minimum Gasteiger partial charge on any atom is -0.351 e. The summed E-state index contributed by atoms with van der Waals surface area (Å²) >= 11 is 0. The van der Waals surface area contributed by atoms with Crippen LogP contribution in [0.1, 0.15) is 29.8 Å². The Morgan fingerprint density at radius 2 is 2.33 bits per heavy atom. The van der Waals surface area contributed by atoms with Gasteiger partial charge in [-0.25, -0.2) is 0 Å². The Morgan fingerprint density at radius 1 is 1.50 bits per heavy atom. The van der Waals surface area contributed by atoms with Gasteiger partial charge in [-0.1, -0.05) is 6.42 Å². The molecule has 1 aliphatic heterocycles. The van der Waals surface area contributed by atoms with Gasteiger partial charge in [0, 0.05) is 18.7 Å². The van der Waals surface area contributed by atoms with Gasteiger partial charge in [-0.15, -0.1) is 0 Å². The lowest BCUT2D eigenvalue weighted by Gasteiger charge is -2.15. The number of hydrogen-bond donors (Lipinski definition) is 3. The highest BCUT2D eigenvalue weighted by atomic mass is 16.6. The Kier molecular flexibility index (Phi) is 3.93. The largest absolute Gasteiger partial charge is 0.351 e. The molecule has 1 aromatic rings. The number of aromatic amines is 1. The Hall–Kier alpha value is -1.89. The molecule has 18 heavy (non-hydrogen) atoms. The van der Waals surface area contributed by atoms with E-state index in [0.717, 1.165) is 32.4 Å². The Balaban J connectivity index is 1.95.